The van der Waals surface area contributed by atoms with Crippen molar-refractivity contribution in [2.75, 3.05) is 6.61 Å². The lowest BCUT2D eigenvalue weighted by atomic mass is 10.5. The van der Waals surface area contributed by atoms with Crippen molar-refractivity contribution in [3.63, 3.8) is 0 Å². The molecule has 0 spiro atoms. The predicted octanol–water partition coefficient (Wildman–Crippen LogP) is 1.10. The number of rotatable bonds is 2. The molecule has 1 fully saturated rings. The first-order valence-electron chi connectivity index (χ1n) is 3.30. The Balaban J connectivity index is 0.000000162. The van der Waals surface area contributed by atoms with Gasteiger partial charge in [0.1, 0.15) is 0 Å². The maximum Gasteiger partial charge on any atom is 0.293 e. The SMILES string of the molecule is CCOC=O.N#CC1CC1. The highest BCUT2D eigenvalue weighted by Crippen LogP contribution is 2.26. The Morgan fingerprint density at radius 2 is 2.40 bits per heavy atom. The number of hydrogen-bond donors (Lipinski definition) is 0. The molecule has 1 aliphatic rings. The van der Waals surface area contributed by atoms with Gasteiger partial charge in [-0.15, -0.1) is 0 Å². The first kappa shape index (κ1) is 8.96. The molecular formula is C7H11NO2. The molecule has 0 aromatic rings. The van der Waals surface area contributed by atoms with Crippen molar-refractivity contribution in [1.82, 2.24) is 0 Å². The molecule has 0 aromatic carbocycles. The molecule has 1 rings (SSSR count). The molecule has 0 aliphatic heterocycles. The van der Waals surface area contributed by atoms with E-state index in [1.165, 1.54) is 0 Å². The van der Waals surface area contributed by atoms with Crippen LogP contribution in [0.25, 0.3) is 0 Å². The Bertz CT molecular complexity index is 124. The van der Waals surface area contributed by atoms with E-state index in [4.69, 9.17) is 5.26 Å². The highest BCUT2D eigenvalue weighted by atomic mass is 16.5. The van der Waals surface area contributed by atoms with Gasteiger partial charge in [-0.3, -0.25) is 4.79 Å². The Hall–Kier alpha value is -1.04. The molecule has 1 aliphatic carbocycles. The van der Waals surface area contributed by atoms with Crippen LogP contribution in [0.4, 0.5) is 0 Å². The number of nitrogens with zero attached hydrogens (tertiary/aromatic N) is 1. The van der Waals surface area contributed by atoms with Crippen LogP contribution >= 0.6 is 0 Å². The van der Waals surface area contributed by atoms with Crippen molar-refractivity contribution in [3.05, 3.63) is 0 Å². The Kier molecular flexibility index (Phi) is 5.45. The molecule has 0 atom stereocenters. The van der Waals surface area contributed by atoms with Crippen LogP contribution in [0.1, 0.15) is 19.8 Å². The standard InChI is InChI=1S/C4H5N.C3H6O2/c5-3-4-1-2-4;1-2-5-3-4/h4H,1-2H2;3H,2H2,1H3. The first-order chi connectivity index (χ1) is 4.85. The van der Waals surface area contributed by atoms with Gasteiger partial charge in [-0.05, 0) is 19.8 Å². The largest absolute Gasteiger partial charge is 0.468 e. The average molecular weight is 141 g/mol. The summed E-state index contributed by atoms with van der Waals surface area (Å²) in [5, 5.41) is 7.96. The second kappa shape index (κ2) is 6.09. The highest BCUT2D eigenvalue weighted by Gasteiger charge is 2.19. The minimum atomic E-state index is 0.431. The second-order valence-corrected chi connectivity index (χ2v) is 1.95. The summed E-state index contributed by atoms with van der Waals surface area (Å²) >= 11 is 0. The molecule has 0 saturated heterocycles. The third-order valence-corrected chi connectivity index (χ3v) is 0.995. The van der Waals surface area contributed by atoms with Crippen LogP contribution in [0.5, 0.6) is 0 Å². The number of carbonyl (C=O) groups is 1. The predicted molar refractivity (Wildman–Crippen MR) is 36.0 cm³/mol. The zero-order valence-corrected chi connectivity index (χ0v) is 6.04. The van der Waals surface area contributed by atoms with Crippen LogP contribution in [0.3, 0.4) is 0 Å². The molecule has 3 heteroatoms. The second-order valence-electron chi connectivity index (χ2n) is 1.95. The van der Waals surface area contributed by atoms with Gasteiger partial charge in [0.15, 0.2) is 0 Å². The average Bonchev–Trinajstić information content (AvgIpc) is 2.72. The Labute approximate surface area is 60.6 Å². The number of hydrogen-bond acceptors (Lipinski definition) is 3. The van der Waals surface area contributed by atoms with Gasteiger partial charge >= 0.3 is 0 Å². The summed E-state index contributed by atoms with van der Waals surface area (Å²) in [6, 6.07) is 2.14. The summed E-state index contributed by atoms with van der Waals surface area (Å²) in [5.74, 6) is 0.440. The van der Waals surface area contributed by atoms with Gasteiger partial charge in [-0.2, -0.15) is 5.26 Å². The summed E-state index contributed by atoms with van der Waals surface area (Å²) in [7, 11) is 0. The van der Waals surface area contributed by atoms with Crippen LogP contribution in [-0.2, 0) is 9.53 Å². The Morgan fingerprint density at radius 3 is 2.40 bits per heavy atom. The van der Waals surface area contributed by atoms with Crippen molar-refractivity contribution < 1.29 is 9.53 Å². The Morgan fingerprint density at radius 1 is 1.80 bits per heavy atom. The first-order valence-corrected chi connectivity index (χ1v) is 3.30. The minimum Gasteiger partial charge on any atom is -0.468 e. The van der Waals surface area contributed by atoms with Gasteiger partial charge in [0, 0.05) is 5.92 Å². The summed E-state index contributed by atoms with van der Waals surface area (Å²) in [6.45, 7) is 2.66. The fourth-order valence-corrected chi connectivity index (χ4v) is 0.280. The molecule has 0 N–H and O–H groups in total. The third kappa shape index (κ3) is 6.96. The lowest BCUT2D eigenvalue weighted by Gasteiger charge is -1.79. The zero-order chi connectivity index (χ0) is 7.82. The number of nitriles is 1. The van der Waals surface area contributed by atoms with Crippen LogP contribution in [0, 0.1) is 17.2 Å². The van der Waals surface area contributed by atoms with Gasteiger partial charge in [0.05, 0.1) is 12.7 Å². The molecule has 10 heavy (non-hydrogen) atoms. The van der Waals surface area contributed by atoms with Gasteiger partial charge < -0.3 is 4.74 Å². The molecule has 0 heterocycles. The van der Waals surface area contributed by atoms with Gasteiger partial charge in [0.25, 0.3) is 6.47 Å². The normalized spacial score (nSPS) is 14.0. The fraction of sp³-hybridized carbons (Fsp3) is 0.714. The van der Waals surface area contributed by atoms with E-state index >= 15 is 0 Å². The van der Waals surface area contributed by atoms with Crippen LogP contribution in [-0.4, -0.2) is 13.1 Å². The number of ether oxygens (including phenoxy) is 1. The summed E-state index contributed by atoms with van der Waals surface area (Å²) in [4.78, 5) is 9.18. The van der Waals surface area contributed by atoms with E-state index in [0.29, 0.717) is 19.0 Å². The third-order valence-electron chi connectivity index (χ3n) is 0.995. The van der Waals surface area contributed by atoms with Crippen LogP contribution < -0.4 is 0 Å². The maximum absolute atomic E-state index is 9.18. The monoisotopic (exact) mass is 141 g/mol. The van der Waals surface area contributed by atoms with Crippen molar-refractivity contribution in [2.45, 2.75) is 19.8 Å². The molecular weight excluding hydrogens is 130 g/mol. The highest BCUT2D eigenvalue weighted by molar-refractivity contribution is 5.36. The van der Waals surface area contributed by atoms with E-state index in [2.05, 4.69) is 10.8 Å². The molecule has 56 valence electrons. The molecule has 3 nitrogen and oxygen atoms in total. The van der Waals surface area contributed by atoms with Gasteiger partial charge in [-0.1, -0.05) is 0 Å². The summed E-state index contributed by atoms with van der Waals surface area (Å²) in [5.41, 5.74) is 0. The van der Waals surface area contributed by atoms with E-state index in [0.717, 1.165) is 12.8 Å². The lowest BCUT2D eigenvalue weighted by Crippen LogP contribution is -1.80. The summed E-state index contributed by atoms with van der Waals surface area (Å²) < 4.78 is 4.15. The van der Waals surface area contributed by atoms with Gasteiger partial charge in [0.2, 0.25) is 0 Å². The molecule has 0 bridgehead atoms. The molecule has 0 aromatic heterocycles. The van der Waals surface area contributed by atoms with Crippen molar-refractivity contribution >= 4 is 6.47 Å². The van der Waals surface area contributed by atoms with E-state index < -0.39 is 0 Å². The van der Waals surface area contributed by atoms with E-state index in [9.17, 15) is 4.79 Å². The minimum absolute atomic E-state index is 0.431. The molecule has 1 saturated carbocycles. The summed E-state index contributed by atoms with van der Waals surface area (Å²) in [6.07, 6.45) is 2.30. The van der Waals surface area contributed by atoms with E-state index in [-0.39, 0.29) is 0 Å². The quantitative estimate of drug-likeness (QED) is 0.541. The van der Waals surface area contributed by atoms with Gasteiger partial charge in [-0.25, -0.2) is 0 Å². The van der Waals surface area contributed by atoms with E-state index in [1.54, 1.807) is 6.92 Å². The topological polar surface area (TPSA) is 50.1 Å². The smallest absolute Gasteiger partial charge is 0.293 e. The molecule has 0 amide bonds. The van der Waals surface area contributed by atoms with Crippen molar-refractivity contribution in [3.8, 4) is 6.07 Å². The lowest BCUT2D eigenvalue weighted by molar-refractivity contribution is -0.128. The number of carbonyl (C=O) groups excluding carboxylic acids is 1. The zero-order valence-electron chi connectivity index (χ0n) is 6.04. The molecule has 0 radical (unpaired) electrons. The van der Waals surface area contributed by atoms with Crippen molar-refractivity contribution in [2.24, 2.45) is 5.92 Å². The molecule has 0 unspecified atom stereocenters. The van der Waals surface area contributed by atoms with Crippen LogP contribution in [0.2, 0.25) is 0 Å². The maximum atomic E-state index is 9.18. The van der Waals surface area contributed by atoms with Crippen molar-refractivity contribution in [1.29, 1.82) is 5.26 Å². The van der Waals surface area contributed by atoms with Crippen LogP contribution in [0.15, 0.2) is 0 Å². The fourth-order valence-electron chi connectivity index (χ4n) is 0.280. The van der Waals surface area contributed by atoms with E-state index in [1.807, 2.05) is 0 Å².